The van der Waals surface area contributed by atoms with Gasteiger partial charge < -0.3 is 9.80 Å². The third kappa shape index (κ3) is 9.12. The summed E-state index contributed by atoms with van der Waals surface area (Å²) in [5, 5.41) is 0. The summed E-state index contributed by atoms with van der Waals surface area (Å²) in [6.45, 7) is 26.9. The number of ether oxygens (including phenoxy) is 1. The summed E-state index contributed by atoms with van der Waals surface area (Å²) in [5.74, 6) is 1.39. The van der Waals surface area contributed by atoms with Gasteiger partial charge in [0.2, 0.25) is 0 Å². The van der Waals surface area contributed by atoms with Crippen molar-refractivity contribution in [1.29, 1.82) is 0 Å². The van der Waals surface area contributed by atoms with Crippen LogP contribution in [0.25, 0.3) is 0 Å². The van der Waals surface area contributed by atoms with Gasteiger partial charge in [-0.2, -0.15) is 6.67 Å². The van der Waals surface area contributed by atoms with Crippen LogP contribution in [-0.4, -0.2) is 34.2 Å². The van der Waals surface area contributed by atoms with Crippen molar-refractivity contribution in [2.45, 2.75) is 92.2 Å². The average molecular weight is 622 g/mol. The molecule has 3 rings (SSSR count). The Morgan fingerprint density at radius 1 is 0.917 bits per heavy atom. The van der Waals surface area contributed by atoms with Gasteiger partial charge in [0.15, 0.2) is 0 Å². The molecule has 0 bridgehead atoms. The predicted octanol–water partition coefficient (Wildman–Crippen LogP) is 8.70. The summed E-state index contributed by atoms with van der Waals surface area (Å²) in [6.07, 6.45) is 0.163. The molecule has 1 aliphatic rings. The van der Waals surface area contributed by atoms with Crippen molar-refractivity contribution >= 4 is 29.7 Å². The quantitative estimate of drug-likeness (QED) is 0.246. The van der Waals surface area contributed by atoms with Gasteiger partial charge in [-0.3, -0.25) is 0 Å². The summed E-state index contributed by atoms with van der Waals surface area (Å²) in [4.78, 5) is 4.93. The molecule has 0 saturated carbocycles. The molecule has 0 spiro atoms. The number of hydrogen-bond acceptors (Lipinski definition) is 3. The van der Waals surface area contributed by atoms with Gasteiger partial charge in [-0.1, -0.05) is 52.8 Å². The van der Waals surface area contributed by atoms with E-state index in [1.54, 1.807) is 0 Å². The molecule has 1 aliphatic heterocycles. The molecule has 1 fully saturated rings. The van der Waals surface area contributed by atoms with Crippen LogP contribution in [-0.2, 0) is 18.9 Å². The van der Waals surface area contributed by atoms with Crippen LogP contribution in [0.5, 0.6) is 5.75 Å². The summed E-state index contributed by atoms with van der Waals surface area (Å²) >= 11 is -1.77. The fourth-order valence-corrected chi connectivity index (χ4v) is 5.95. The summed E-state index contributed by atoms with van der Waals surface area (Å²) in [7, 11) is 11.6. The molecule has 36 heavy (non-hydrogen) atoms. The minimum atomic E-state index is -1.77. The van der Waals surface area contributed by atoms with Gasteiger partial charge in [0.05, 0.1) is 0 Å². The summed E-state index contributed by atoms with van der Waals surface area (Å²) < 4.78 is 7.51. The first-order valence-electron chi connectivity index (χ1n) is 12.7. The van der Waals surface area contributed by atoms with E-state index in [-0.39, 0.29) is 17.1 Å². The topological polar surface area (TPSA) is 15.7 Å². The molecular formula is C30H45Cl2N2ORu-. The van der Waals surface area contributed by atoms with E-state index < -0.39 is 13.5 Å². The van der Waals surface area contributed by atoms with E-state index in [0.717, 1.165) is 24.4 Å². The second-order valence-corrected chi connectivity index (χ2v) is 17.6. The first-order chi connectivity index (χ1) is 16.6. The largest absolute Gasteiger partial charge is 0.507 e. The maximum atomic E-state index is 5.82. The minimum absolute atomic E-state index is 0.156. The molecule has 1 heterocycles. The SMILES string of the molecule is CC(C)Oc1ccccc1[CH]=[Ru]([Cl])[Cl].CC(C)c1cccc(C(C)(C)C)c1N1[CH-]N(C(C)(C)C)CC1. The molecule has 0 aromatic heterocycles. The Morgan fingerprint density at radius 3 is 2.06 bits per heavy atom. The number of hydrogen-bond donors (Lipinski definition) is 0. The van der Waals surface area contributed by atoms with Gasteiger partial charge >= 0.3 is 97.8 Å². The molecule has 6 heteroatoms. The van der Waals surface area contributed by atoms with Crippen molar-refractivity contribution in [2.24, 2.45) is 0 Å². The minimum Gasteiger partial charge on any atom is -0.507 e. The third-order valence-corrected chi connectivity index (χ3v) is 7.81. The van der Waals surface area contributed by atoms with Crippen molar-refractivity contribution in [2.75, 3.05) is 18.0 Å². The van der Waals surface area contributed by atoms with Gasteiger partial charge in [-0.15, -0.1) is 0 Å². The maximum absolute atomic E-state index is 5.82. The first-order valence-corrected chi connectivity index (χ1v) is 18.2. The molecule has 2 aromatic carbocycles. The Kier molecular flexibility index (Phi) is 11.5. The first kappa shape index (κ1) is 31.3. The van der Waals surface area contributed by atoms with Crippen molar-refractivity contribution in [3.8, 4) is 5.75 Å². The number of rotatable bonds is 5. The van der Waals surface area contributed by atoms with Crippen LogP contribution in [0.3, 0.4) is 0 Å². The van der Waals surface area contributed by atoms with Crippen LogP contribution in [0.2, 0.25) is 0 Å². The van der Waals surface area contributed by atoms with Gasteiger partial charge in [-0.25, -0.2) is 0 Å². The third-order valence-electron chi connectivity index (χ3n) is 5.98. The number of halogens is 2. The molecule has 0 amide bonds. The number of para-hydroxylation sites is 2. The van der Waals surface area contributed by atoms with E-state index in [4.69, 9.17) is 24.1 Å². The number of nitrogens with zero attached hydrogens (tertiary/aromatic N) is 2. The fraction of sp³-hybridized carbons (Fsp3) is 0.533. The molecular weight excluding hydrogens is 576 g/mol. The molecule has 1 saturated heterocycles. The number of anilines is 1. The summed E-state index contributed by atoms with van der Waals surface area (Å²) in [5.41, 5.74) is 5.67. The molecule has 2 aromatic rings. The predicted molar refractivity (Wildman–Crippen MR) is 156 cm³/mol. The maximum Gasteiger partial charge on any atom is 0.0155 e. The Hall–Kier alpha value is -0.927. The zero-order valence-electron chi connectivity index (χ0n) is 23.7. The molecule has 0 unspecified atom stereocenters. The van der Waals surface area contributed by atoms with E-state index in [0.29, 0.717) is 5.92 Å². The molecule has 3 nitrogen and oxygen atoms in total. The molecule has 0 atom stereocenters. The Labute approximate surface area is 233 Å². The average Bonchev–Trinajstić information content (AvgIpc) is 3.24. The zero-order chi connectivity index (χ0) is 27.3. The normalized spacial score (nSPS) is 15.2. The van der Waals surface area contributed by atoms with E-state index in [2.05, 4.69) is 90.1 Å². The Morgan fingerprint density at radius 2 is 1.56 bits per heavy atom. The number of benzene rings is 2. The fourth-order valence-electron chi connectivity index (χ4n) is 4.14. The monoisotopic (exact) mass is 621 g/mol. The van der Waals surface area contributed by atoms with Crippen molar-refractivity contribution in [3.63, 3.8) is 0 Å². The molecule has 0 aliphatic carbocycles. The molecule has 0 radical (unpaired) electrons. The van der Waals surface area contributed by atoms with Crippen molar-refractivity contribution in [3.05, 3.63) is 65.8 Å². The van der Waals surface area contributed by atoms with Crippen LogP contribution in [0.4, 0.5) is 5.69 Å². The van der Waals surface area contributed by atoms with Gasteiger partial charge in [0.25, 0.3) is 0 Å². The molecule has 204 valence electrons. The zero-order valence-corrected chi connectivity index (χ0v) is 26.9. The van der Waals surface area contributed by atoms with Crippen LogP contribution in [0, 0.1) is 6.67 Å². The van der Waals surface area contributed by atoms with Crippen LogP contribution >= 0.6 is 19.4 Å². The van der Waals surface area contributed by atoms with E-state index in [1.807, 2.05) is 42.7 Å². The van der Waals surface area contributed by atoms with Gasteiger partial charge in [-0.05, 0) is 55.3 Å². The van der Waals surface area contributed by atoms with Gasteiger partial charge in [0, 0.05) is 12.2 Å². The van der Waals surface area contributed by atoms with Crippen LogP contribution in [0.15, 0.2) is 42.5 Å². The van der Waals surface area contributed by atoms with Crippen LogP contribution in [0.1, 0.15) is 91.8 Å². The Bertz CT molecular complexity index is 1020. The van der Waals surface area contributed by atoms with Crippen molar-refractivity contribution < 1.29 is 18.3 Å². The van der Waals surface area contributed by atoms with E-state index in [1.165, 1.54) is 16.8 Å². The second kappa shape index (κ2) is 13.2. The second-order valence-electron chi connectivity index (χ2n) is 11.8. The van der Waals surface area contributed by atoms with E-state index >= 15 is 0 Å². The molecule has 0 N–H and O–H groups in total. The van der Waals surface area contributed by atoms with Crippen molar-refractivity contribution in [1.82, 2.24) is 4.90 Å². The smallest absolute Gasteiger partial charge is 0.0155 e. The summed E-state index contributed by atoms with van der Waals surface area (Å²) in [6, 6.07) is 14.6. The Balaban J connectivity index is 0.000000281. The van der Waals surface area contributed by atoms with E-state index in [9.17, 15) is 0 Å². The van der Waals surface area contributed by atoms with Crippen LogP contribution < -0.4 is 9.64 Å². The standard InChI is InChI=1S/C20H33N2.C10H12O.2ClH.Ru/c1-15(2)16-10-9-11-17(19(3,4)5)18(16)21-12-13-22(14-21)20(6,7)8;1-8(2)11-10-7-5-4-6-9(10)3;;;/h9-11,14-15H,12-13H2,1-8H3;3-8H,1-2H3;2*1H;/q-1;;;;+2/p-2. The van der Waals surface area contributed by atoms with Gasteiger partial charge in [0.1, 0.15) is 0 Å².